The molecule has 0 radical (unpaired) electrons. The van der Waals surface area contributed by atoms with E-state index in [-0.39, 0.29) is 23.4 Å². The number of methoxy groups -OCH3 is 2. The van der Waals surface area contributed by atoms with Gasteiger partial charge in [0.15, 0.2) is 0 Å². The van der Waals surface area contributed by atoms with Crippen LogP contribution >= 0.6 is 0 Å². The molecule has 2 saturated heterocycles. The van der Waals surface area contributed by atoms with Gasteiger partial charge in [0.2, 0.25) is 0 Å². The fourth-order valence-electron chi connectivity index (χ4n) is 10.5. The molecule has 0 amide bonds. The fourth-order valence-corrected chi connectivity index (χ4v) is 10.5. The van der Waals surface area contributed by atoms with Crippen molar-refractivity contribution >= 4 is 23.6 Å². The van der Waals surface area contributed by atoms with Gasteiger partial charge < -0.3 is 49.3 Å². The van der Waals surface area contributed by atoms with Gasteiger partial charge in [-0.1, -0.05) is 48.5 Å². The molecule has 4 aliphatic heterocycles. The topological polar surface area (TPSA) is 186 Å². The highest BCUT2D eigenvalue weighted by Gasteiger charge is 2.37. The summed E-state index contributed by atoms with van der Waals surface area (Å²) >= 11 is 0. The van der Waals surface area contributed by atoms with E-state index in [0.717, 1.165) is 147 Å². The van der Waals surface area contributed by atoms with Crippen LogP contribution in [0.25, 0.3) is 0 Å². The number of pyridine rings is 2. The molecule has 76 heavy (non-hydrogen) atoms. The summed E-state index contributed by atoms with van der Waals surface area (Å²) in [5.74, 6) is 2.12. The van der Waals surface area contributed by atoms with E-state index in [9.17, 15) is 19.8 Å². The van der Waals surface area contributed by atoms with Gasteiger partial charge in [-0.05, 0) is 141 Å². The van der Waals surface area contributed by atoms with E-state index in [4.69, 9.17) is 38.4 Å². The number of fused-ring (bicyclic) bond motifs is 2. The average Bonchev–Trinajstić information content (AvgIpc) is 4.07. The summed E-state index contributed by atoms with van der Waals surface area (Å²) in [6.07, 6.45) is 11.5. The molecule has 6 heterocycles. The van der Waals surface area contributed by atoms with Crippen molar-refractivity contribution in [3.63, 3.8) is 0 Å². The number of carboxylic acids is 2. The Hall–Kier alpha value is -5.36. The third-order valence-electron chi connectivity index (χ3n) is 14.4. The normalized spacial score (nSPS) is 18.6. The molecule has 0 spiro atoms. The SMILES string of the molecule is COc1cc(CCCCO[C@@H]2CCN([C@@H](C(=O)O)c3ccccc3COC(C)(C)C)C2)nc2c1CCCN2.COc1cc(CCCCO[C@@H]2CCN([C@H](C(=O)O)c3ccccc3COC(C)(C)C)C2)nc2c1CCCN2. The number of aromatic nitrogens is 2. The molecule has 8 rings (SSSR count). The van der Waals surface area contributed by atoms with Crippen LogP contribution in [0.1, 0.15) is 150 Å². The zero-order valence-corrected chi connectivity index (χ0v) is 46.6. The number of benzene rings is 2. The van der Waals surface area contributed by atoms with Crippen molar-refractivity contribution in [2.45, 2.75) is 167 Å². The summed E-state index contributed by atoms with van der Waals surface area (Å²) in [6, 6.07) is 18.1. The highest BCUT2D eigenvalue weighted by atomic mass is 16.5. The van der Waals surface area contributed by atoms with E-state index in [1.54, 1.807) is 14.2 Å². The van der Waals surface area contributed by atoms with Crippen LogP contribution in [0.15, 0.2) is 60.7 Å². The molecule has 2 aromatic carbocycles. The van der Waals surface area contributed by atoms with E-state index < -0.39 is 24.0 Å². The molecule has 4 N–H and O–H groups in total. The van der Waals surface area contributed by atoms with Gasteiger partial charge >= 0.3 is 11.9 Å². The number of carbonyl (C=O) groups is 2. The van der Waals surface area contributed by atoms with Gasteiger partial charge in [0.25, 0.3) is 0 Å². The molecule has 416 valence electrons. The summed E-state index contributed by atoms with van der Waals surface area (Å²) in [5.41, 5.74) is 7.29. The predicted octanol–water partition coefficient (Wildman–Crippen LogP) is 10.0. The Labute approximate surface area is 451 Å². The number of carboxylic acid groups (broad SMARTS) is 2. The van der Waals surface area contributed by atoms with E-state index in [1.165, 1.54) is 11.1 Å². The molecule has 0 unspecified atom stereocenters. The van der Waals surface area contributed by atoms with Crippen LogP contribution in [-0.2, 0) is 67.4 Å². The lowest BCUT2D eigenvalue weighted by atomic mass is 9.99. The molecule has 2 aromatic heterocycles. The van der Waals surface area contributed by atoms with E-state index in [1.807, 2.05) is 99.9 Å². The number of ether oxygens (including phenoxy) is 6. The maximum Gasteiger partial charge on any atom is 0.325 e. The van der Waals surface area contributed by atoms with Crippen LogP contribution in [0.2, 0.25) is 0 Å². The van der Waals surface area contributed by atoms with Crippen LogP contribution in [0.5, 0.6) is 11.5 Å². The van der Waals surface area contributed by atoms with Crippen LogP contribution in [0.4, 0.5) is 11.6 Å². The monoisotopic (exact) mass is 1050 g/mol. The van der Waals surface area contributed by atoms with Gasteiger partial charge in [-0.3, -0.25) is 19.4 Å². The first-order chi connectivity index (χ1) is 36.5. The first-order valence-corrected chi connectivity index (χ1v) is 27.7. The number of hydrogen-bond donors (Lipinski definition) is 4. The van der Waals surface area contributed by atoms with Crippen molar-refractivity contribution in [1.82, 2.24) is 19.8 Å². The Morgan fingerprint density at radius 3 is 1.42 bits per heavy atom. The van der Waals surface area contributed by atoms with Crippen molar-refractivity contribution < 1.29 is 48.2 Å². The van der Waals surface area contributed by atoms with Gasteiger partial charge in [-0.15, -0.1) is 0 Å². The van der Waals surface area contributed by atoms with E-state index in [2.05, 4.69) is 22.8 Å². The molecule has 0 saturated carbocycles. The van der Waals surface area contributed by atoms with Crippen LogP contribution in [0.3, 0.4) is 0 Å². The molecule has 4 aromatic rings. The lowest BCUT2D eigenvalue weighted by Crippen LogP contribution is -2.34. The predicted molar refractivity (Wildman–Crippen MR) is 296 cm³/mol. The number of unbranched alkanes of at least 4 members (excludes halogenated alkanes) is 2. The summed E-state index contributed by atoms with van der Waals surface area (Å²) in [4.78, 5) is 38.4. The molecule has 4 atom stereocenters. The standard InChI is InChI=1S/2C30H43N3O5/c2*1-30(2,3)38-20-21-10-5-6-12-24(21)27(29(34)35)33-16-14-23(19-33)37-17-8-7-11-22-18-26(36-4)25-13-9-15-31-28(25)32-22/h2*5-6,10,12,18,23,27H,7-9,11,13-17,19-20H2,1-4H3,(H,31,32)(H,34,35)/t23-,27+;23-,27-/m11/s1. The lowest BCUT2D eigenvalue weighted by Gasteiger charge is -2.27. The van der Waals surface area contributed by atoms with Gasteiger partial charge in [0, 0.05) is 87.1 Å². The first kappa shape index (κ1) is 58.3. The zero-order valence-electron chi connectivity index (χ0n) is 46.6. The average molecular weight is 1050 g/mol. The Balaban J connectivity index is 0.000000221. The smallest absolute Gasteiger partial charge is 0.325 e. The summed E-state index contributed by atoms with van der Waals surface area (Å²) < 4.78 is 35.5. The number of aryl methyl sites for hydroxylation is 2. The summed E-state index contributed by atoms with van der Waals surface area (Å²) in [6.45, 7) is 18.6. The maximum atomic E-state index is 12.4. The Bertz CT molecular complexity index is 2300. The summed E-state index contributed by atoms with van der Waals surface area (Å²) in [5, 5.41) is 27.1. The molecule has 16 nitrogen and oxygen atoms in total. The Morgan fingerprint density at radius 1 is 0.632 bits per heavy atom. The first-order valence-electron chi connectivity index (χ1n) is 27.7. The molecule has 0 bridgehead atoms. The van der Waals surface area contributed by atoms with Crippen LogP contribution in [-0.4, -0.2) is 132 Å². The van der Waals surface area contributed by atoms with Crippen molar-refractivity contribution in [3.05, 3.63) is 105 Å². The Morgan fingerprint density at radius 2 is 1.04 bits per heavy atom. The maximum absolute atomic E-state index is 12.4. The highest BCUT2D eigenvalue weighted by molar-refractivity contribution is 5.77. The molecular formula is C60H86N6O10. The second-order valence-electron chi connectivity index (χ2n) is 22.5. The Kier molecular flexibility index (Phi) is 21.3. The summed E-state index contributed by atoms with van der Waals surface area (Å²) in [7, 11) is 3.44. The number of anilines is 2. The molecular weight excluding hydrogens is 965 g/mol. The second kappa shape index (κ2) is 27.8. The zero-order chi connectivity index (χ0) is 54.2. The van der Waals surface area contributed by atoms with E-state index in [0.29, 0.717) is 52.6 Å². The lowest BCUT2D eigenvalue weighted by molar-refractivity contribution is -0.144. The minimum absolute atomic E-state index is 0.0426. The molecule has 4 aliphatic rings. The molecule has 0 aliphatic carbocycles. The largest absolute Gasteiger partial charge is 0.496 e. The van der Waals surface area contributed by atoms with Gasteiger partial charge in [-0.2, -0.15) is 0 Å². The van der Waals surface area contributed by atoms with E-state index >= 15 is 0 Å². The minimum atomic E-state index is -0.837. The molecule has 2 fully saturated rings. The second-order valence-corrected chi connectivity index (χ2v) is 22.5. The number of rotatable bonds is 24. The minimum Gasteiger partial charge on any atom is -0.496 e. The number of aliphatic carboxylic acids is 2. The van der Waals surface area contributed by atoms with Gasteiger partial charge in [0.1, 0.15) is 35.2 Å². The number of nitrogens with one attached hydrogen (secondary N) is 2. The van der Waals surface area contributed by atoms with Gasteiger partial charge in [-0.25, -0.2) is 9.97 Å². The number of nitrogens with zero attached hydrogens (tertiary/aromatic N) is 4. The van der Waals surface area contributed by atoms with Crippen molar-refractivity contribution in [2.24, 2.45) is 0 Å². The third kappa shape index (κ3) is 16.8. The number of likely N-dealkylation sites (tertiary alicyclic amines) is 2. The quantitative estimate of drug-likeness (QED) is 0.0485. The van der Waals surface area contributed by atoms with Crippen LogP contribution < -0.4 is 20.1 Å². The fraction of sp³-hybridized carbons (Fsp3) is 0.600. The van der Waals surface area contributed by atoms with Crippen molar-refractivity contribution in [1.29, 1.82) is 0 Å². The van der Waals surface area contributed by atoms with Gasteiger partial charge in [0.05, 0.1) is 50.8 Å². The molecule has 16 heteroatoms. The van der Waals surface area contributed by atoms with Crippen molar-refractivity contribution in [3.8, 4) is 11.5 Å². The third-order valence-corrected chi connectivity index (χ3v) is 14.4. The number of hydrogen-bond acceptors (Lipinski definition) is 14. The van der Waals surface area contributed by atoms with Crippen molar-refractivity contribution in [2.75, 3.05) is 77.3 Å². The highest BCUT2D eigenvalue weighted by Crippen LogP contribution is 2.35. The van der Waals surface area contributed by atoms with Crippen LogP contribution in [0, 0.1) is 0 Å².